The van der Waals surface area contributed by atoms with Crippen LogP contribution in [0, 0.1) is 0 Å². The molecule has 2 amide bonds. The van der Waals surface area contributed by atoms with Gasteiger partial charge in [-0.2, -0.15) is 0 Å². The second-order valence-corrected chi connectivity index (χ2v) is 5.09. The van der Waals surface area contributed by atoms with Crippen molar-refractivity contribution in [3.8, 4) is 0 Å². The lowest BCUT2D eigenvalue weighted by Crippen LogP contribution is -3.06. The standard InChI is InChI=1S/C9H18ClN3O/c1-9(2)7-12(6-5-11(3)4)8(14)13(9)10/h5-7H2,1-4H3/p+1. The fourth-order valence-electron chi connectivity index (χ4n) is 1.51. The van der Waals surface area contributed by atoms with Crippen molar-refractivity contribution < 1.29 is 9.69 Å². The van der Waals surface area contributed by atoms with Crippen LogP contribution in [0.4, 0.5) is 4.79 Å². The third-order valence-electron chi connectivity index (χ3n) is 2.43. The second-order valence-electron chi connectivity index (χ2n) is 4.75. The molecular formula is C9H19ClN3O+. The molecular weight excluding hydrogens is 202 g/mol. The van der Waals surface area contributed by atoms with Crippen molar-refractivity contribution in [3.63, 3.8) is 0 Å². The molecule has 0 saturated carbocycles. The van der Waals surface area contributed by atoms with E-state index in [0.717, 1.165) is 13.1 Å². The van der Waals surface area contributed by atoms with Crippen LogP contribution in [0.1, 0.15) is 13.8 Å². The molecule has 1 aliphatic heterocycles. The van der Waals surface area contributed by atoms with Gasteiger partial charge < -0.3 is 9.80 Å². The summed E-state index contributed by atoms with van der Waals surface area (Å²) in [6, 6.07) is -0.0714. The Bertz CT molecular complexity index is 230. The molecule has 1 saturated heterocycles. The van der Waals surface area contributed by atoms with Gasteiger partial charge in [0.2, 0.25) is 0 Å². The third kappa shape index (κ3) is 2.30. The molecule has 5 heteroatoms. The normalized spacial score (nSPS) is 21.1. The van der Waals surface area contributed by atoms with Crippen LogP contribution in [0.15, 0.2) is 0 Å². The van der Waals surface area contributed by atoms with E-state index in [9.17, 15) is 4.79 Å². The Morgan fingerprint density at radius 3 is 2.43 bits per heavy atom. The first-order valence-corrected chi connectivity index (χ1v) is 5.22. The van der Waals surface area contributed by atoms with Crippen LogP contribution >= 0.6 is 11.8 Å². The molecule has 0 radical (unpaired) electrons. The molecule has 0 spiro atoms. The van der Waals surface area contributed by atoms with Crippen LogP contribution in [0.2, 0.25) is 0 Å². The smallest absolute Gasteiger partial charge is 0.335 e. The molecule has 0 aromatic carbocycles. The van der Waals surface area contributed by atoms with E-state index >= 15 is 0 Å². The van der Waals surface area contributed by atoms with E-state index in [2.05, 4.69) is 14.1 Å². The monoisotopic (exact) mass is 220 g/mol. The number of halogens is 1. The average molecular weight is 221 g/mol. The minimum Gasteiger partial charge on any atom is -0.338 e. The van der Waals surface area contributed by atoms with Crippen molar-refractivity contribution in [2.24, 2.45) is 0 Å². The van der Waals surface area contributed by atoms with Gasteiger partial charge in [0.25, 0.3) is 0 Å². The van der Waals surface area contributed by atoms with E-state index in [4.69, 9.17) is 11.8 Å². The largest absolute Gasteiger partial charge is 0.338 e. The van der Waals surface area contributed by atoms with Gasteiger partial charge in [0, 0.05) is 18.3 Å². The molecule has 0 bridgehead atoms. The number of urea groups is 1. The zero-order chi connectivity index (χ0) is 10.9. The topological polar surface area (TPSA) is 28.0 Å². The molecule has 1 rings (SSSR count). The Hall–Kier alpha value is -0.480. The summed E-state index contributed by atoms with van der Waals surface area (Å²) in [5.41, 5.74) is -0.250. The molecule has 0 aromatic heterocycles. The minimum absolute atomic E-state index is 0.0714. The number of rotatable bonds is 3. The van der Waals surface area contributed by atoms with Crippen molar-refractivity contribution >= 4 is 17.8 Å². The number of amides is 2. The van der Waals surface area contributed by atoms with Crippen LogP contribution in [0.25, 0.3) is 0 Å². The molecule has 4 nitrogen and oxygen atoms in total. The number of carbonyl (C=O) groups excluding carboxylic acids is 1. The van der Waals surface area contributed by atoms with Gasteiger partial charge in [-0.3, -0.25) is 0 Å². The summed E-state index contributed by atoms with van der Waals surface area (Å²) in [5, 5.41) is 0. The van der Waals surface area contributed by atoms with Crippen LogP contribution in [-0.4, -0.2) is 54.6 Å². The third-order valence-corrected chi connectivity index (χ3v) is 3.03. The number of quaternary nitrogens is 1. The molecule has 1 fully saturated rings. The van der Waals surface area contributed by atoms with Gasteiger partial charge in [-0.1, -0.05) is 0 Å². The zero-order valence-electron chi connectivity index (χ0n) is 9.30. The average Bonchev–Trinajstić information content (AvgIpc) is 2.26. The molecule has 0 unspecified atom stereocenters. The quantitative estimate of drug-likeness (QED) is 0.656. The lowest BCUT2D eigenvalue weighted by molar-refractivity contribution is -0.857. The minimum atomic E-state index is -0.250. The number of nitrogens with zero attached hydrogens (tertiary/aromatic N) is 2. The summed E-state index contributed by atoms with van der Waals surface area (Å²) in [5.74, 6) is 0. The Kier molecular flexibility index (Phi) is 3.27. The van der Waals surface area contributed by atoms with E-state index in [0.29, 0.717) is 6.54 Å². The van der Waals surface area contributed by atoms with Gasteiger partial charge in [0.05, 0.1) is 32.7 Å². The number of likely N-dealkylation sites (N-methyl/N-ethyl adjacent to an activating group) is 1. The Labute approximate surface area is 90.5 Å². The lowest BCUT2D eigenvalue weighted by atomic mass is 10.1. The Morgan fingerprint density at radius 1 is 1.50 bits per heavy atom. The number of hydrogen-bond donors (Lipinski definition) is 1. The SMILES string of the molecule is C[NH+](C)CCN1CC(C)(C)N(Cl)C1=O. The predicted molar refractivity (Wildman–Crippen MR) is 56.4 cm³/mol. The van der Waals surface area contributed by atoms with Crippen LogP contribution in [0.3, 0.4) is 0 Å². The summed E-state index contributed by atoms with van der Waals surface area (Å²) in [6.45, 7) is 6.38. The summed E-state index contributed by atoms with van der Waals surface area (Å²) < 4.78 is 1.30. The number of carbonyl (C=O) groups is 1. The molecule has 0 atom stereocenters. The first kappa shape index (κ1) is 11.6. The van der Waals surface area contributed by atoms with Gasteiger partial charge in [-0.05, 0) is 13.8 Å². The van der Waals surface area contributed by atoms with Crippen molar-refractivity contribution in [3.05, 3.63) is 0 Å². The maximum atomic E-state index is 11.6. The van der Waals surface area contributed by atoms with Gasteiger partial charge in [0.1, 0.15) is 0 Å². The van der Waals surface area contributed by atoms with E-state index in [1.54, 1.807) is 4.90 Å². The van der Waals surface area contributed by atoms with Gasteiger partial charge in [0.15, 0.2) is 0 Å². The zero-order valence-corrected chi connectivity index (χ0v) is 10.1. The first-order chi connectivity index (χ1) is 6.34. The molecule has 0 aromatic rings. The summed E-state index contributed by atoms with van der Waals surface area (Å²) in [7, 11) is 4.15. The molecule has 82 valence electrons. The lowest BCUT2D eigenvalue weighted by Gasteiger charge is -2.21. The summed E-state index contributed by atoms with van der Waals surface area (Å²) in [6.07, 6.45) is 0. The highest BCUT2D eigenvalue weighted by Gasteiger charge is 2.42. The predicted octanol–water partition coefficient (Wildman–Crippen LogP) is -0.199. The highest BCUT2D eigenvalue weighted by Crippen LogP contribution is 2.27. The van der Waals surface area contributed by atoms with Gasteiger partial charge >= 0.3 is 6.03 Å². The maximum Gasteiger partial charge on any atom is 0.335 e. The van der Waals surface area contributed by atoms with E-state index in [-0.39, 0.29) is 11.6 Å². The second kappa shape index (κ2) is 3.95. The fourth-order valence-corrected chi connectivity index (χ4v) is 1.67. The molecule has 14 heavy (non-hydrogen) atoms. The van der Waals surface area contributed by atoms with Crippen LogP contribution < -0.4 is 4.90 Å². The molecule has 1 aliphatic rings. The highest BCUT2D eigenvalue weighted by atomic mass is 35.5. The molecule has 0 aliphatic carbocycles. The highest BCUT2D eigenvalue weighted by molar-refractivity contribution is 6.22. The maximum absolute atomic E-state index is 11.6. The van der Waals surface area contributed by atoms with Crippen molar-refractivity contribution in [1.29, 1.82) is 0 Å². The first-order valence-electron chi connectivity index (χ1n) is 4.88. The number of hydrogen-bond acceptors (Lipinski definition) is 1. The van der Waals surface area contributed by atoms with Crippen molar-refractivity contribution in [2.75, 3.05) is 33.7 Å². The summed E-state index contributed by atoms with van der Waals surface area (Å²) in [4.78, 5) is 14.8. The fraction of sp³-hybridized carbons (Fsp3) is 0.889. The number of nitrogens with one attached hydrogen (secondary N) is 1. The van der Waals surface area contributed by atoms with E-state index in [1.807, 2.05) is 13.8 Å². The van der Waals surface area contributed by atoms with E-state index in [1.165, 1.54) is 9.32 Å². The summed E-state index contributed by atoms with van der Waals surface area (Å²) >= 11 is 5.90. The molecule has 1 heterocycles. The van der Waals surface area contributed by atoms with Crippen LogP contribution in [-0.2, 0) is 0 Å². The van der Waals surface area contributed by atoms with Crippen molar-refractivity contribution in [2.45, 2.75) is 19.4 Å². The molecule has 1 N–H and O–H groups in total. The van der Waals surface area contributed by atoms with Gasteiger partial charge in [-0.15, -0.1) is 0 Å². The van der Waals surface area contributed by atoms with Gasteiger partial charge in [-0.25, -0.2) is 9.21 Å². The Balaban J connectivity index is 2.54. The van der Waals surface area contributed by atoms with E-state index < -0.39 is 0 Å². The Morgan fingerprint density at radius 2 is 2.07 bits per heavy atom. The van der Waals surface area contributed by atoms with Crippen LogP contribution in [0.5, 0.6) is 0 Å². The van der Waals surface area contributed by atoms with Crippen molar-refractivity contribution in [1.82, 2.24) is 9.32 Å².